The molecule has 0 radical (unpaired) electrons. The summed E-state index contributed by atoms with van der Waals surface area (Å²) in [6.07, 6.45) is -5.54. The summed E-state index contributed by atoms with van der Waals surface area (Å²) >= 11 is 1.17. The van der Waals surface area contributed by atoms with Gasteiger partial charge in [-0.05, 0) is 0 Å². The third-order valence-corrected chi connectivity index (χ3v) is 3.59. The number of hydrogen-bond donors (Lipinski definition) is 4. The normalized spacial score (nSPS) is 37.8. The van der Waals surface area contributed by atoms with Crippen LogP contribution in [0.3, 0.4) is 0 Å². The van der Waals surface area contributed by atoms with Crippen LogP contribution in [0.25, 0.3) is 0 Å². The monoisotopic (exact) mass is 267 g/mol. The fourth-order valence-electron chi connectivity index (χ4n) is 1.48. The number of nitrogens with two attached hydrogens (primary N) is 1. The highest BCUT2D eigenvalue weighted by atomic mass is 32.2. The Morgan fingerprint density at radius 1 is 1.35 bits per heavy atom. The number of aliphatic hydroxyl groups excluding tert-OH is 3. The van der Waals surface area contributed by atoms with Crippen molar-refractivity contribution in [2.75, 3.05) is 19.4 Å². The van der Waals surface area contributed by atoms with Crippen molar-refractivity contribution in [3.05, 3.63) is 0 Å². The molecule has 1 aliphatic heterocycles. The standard InChI is InChI=1S/C9H17NO6S/c1-15-8(14)7-5(12)4(11)6(13)9(16-7)17-3-2-10/h4-7,9,11-13H,2-3,10H2,1H3/t4-,5-,6-,7-,9-/m0/s1. The number of methoxy groups -OCH3 is 1. The highest BCUT2D eigenvalue weighted by Gasteiger charge is 2.47. The Kier molecular flexibility index (Phi) is 5.63. The van der Waals surface area contributed by atoms with Crippen LogP contribution in [0, 0.1) is 0 Å². The lowest BCUT2D eigenvalue weighted by Crippen LogP contribution is -2.59. The molecule has 7 nitrogen and oxygen atoms in total. The number of hydrogen-bond acceptors (Lipinski definition) is 8. The van der Waals surface area contributed by atoms with Crippen LogP contribution in [-0.2, 0) is 14.3 Å². The molecule has 17 heavy (non-hydrogen) atoms. The van der Waals surface area contributed by atoms with E-state index in [9.17, 15) is 20.1 Å². The average Bonchev–Trinajstić information content (AvgIpc) is 2.34. The lowest BCUT2D eigenvalue weighted by Gasteiger charge is -2.38. The molecule has 1 aliphatic rings. The molecule has 1 rings (SSSR count). The Bertz CT molecular complexity index is 266. The van der Waals surface area contributed by atoms with Crippen LogP contribution in [0.5, 0.6) is 0 Å². The summed E-state index contributed by atoms with van der Waals surface area (Å²) in [5.74, 6) is -0.292. The number of aliphatic hydroxyl groups is 3. The SMILES string of the molecule is COC(=O)[C@H]1O[C@@H](SCCN)[C@@H](O)[C@@H](O)[C@@H]1O. The van der Waals surface area contributed by atoms with Crippen molar-refractivity contribution in [3.63, 3.8) is 0 Å². The predicted molar refractivity (Wildman–Crippen MR) is 60.2 cm³/mol. The Balaban J connectivity index is 2.71. The average molecular weight is 267 g/mol. The van der Waals surface area contributed by atoms with Gasteiger partial charge in [-0.25, -0.2) is 4.79 Å². The van der Waals surface area contributed by atoms with Crippen molar-refractivity contribution in [1.29, 1.82) is 0 Å². The quantitative estimate of drug-likeness (QED) is 0.418. The minimum absolute atomic E-state index is 0.374. The van der Waals surface area contributed by atoms with Crippen LogP contribution in [0.1, 0.15) is 0 Å². The van der Waals surface area contributed by atoms with Crippen LogP contribution in [-0.4, -0.2) is 70.5 Å². The molecule has 1 saturated heterocycles. The molecular weight excluding hydrogens is 250 g/mol. The molecule has 1 fully saturated rings. The molecule has 0 saturated carbocycles. The Labute approximate surface area is 103 Å². The Morgan fingerprint density at radius 2 is 2.00 bits per heavy atom. The summed E-state index contributed by atoms with van der Waals surface area (Å²) in [5, 5.41) is 28.8. The van der Waals surface area contributed by atoms with Crippen molar-refractivity contribution < 1.29 is 29.6 Å². The number of ether oxygens (including phenoxy) is 2. The number of thioether (sulfide) groups is 1. The third kappa shape index (κ3) is 3.30. The summed E-state index contributed by atoms with van der Waals surface area (Å²) in [6.45, 7) is 0.374. The first-order valence-electron chi connectivity index (χ1n) is 5.12. The molecule has 0 aromatic heterocycles. The van der Waals surface area contributed by atoms with E-state index < -0.39 is 35.8 Å². The zero-order valence-corrected chi connectivity index (χ0v) is 10.2. The molecule has 8 heteroatoms. The summed E-state index contributed by atoms with van der Waals surface area (Å²) in [5.41, 5.74) is 4.49. The first kappa shape index (κ1) is 14.7. The van der Waals surface area contributed by atoms with Gasteiger partial charge in [-0.3, -0.25) is 0 Å². The maximum absolute atomic E-state index is 11.3. The molecule has 0 aliphatic carbocycles. The first-order valence-corrected chi connectivity index (χ1v) is 6.17. The minimum Gasteiger partial charge on any atom is -0.467 e. The largest absolute Gasteiger partial charge is 0.467 e. The van der Waals surface area contributed by atoms with Gasteiger partial charge in [-0.15, -0.1) is 11.8 Å². The molecule has 0 unspecified atom stereocenters. The zero-order valence-electron chi connectivity index (χ0n) is 9.35. The smallest absolute Gasteiger partial charge is 0.337 e. The van der Waals surface area contributed by atoms with Crippen molar-refractivity contribution in [1.82, 2.24) is 0 Å². The van der Waals surface area contributed by atoms with E-state index in [1.54, 1.807) is 0 Å². The Morgan fingerprint density at radius 3 is 2.53 bits per heavy atom. The van der Waals surface area contributed by atoms with Crippen LogP contribution in [0.2, 0.25) is 0 Å². The van der Waals surface area contributed by atoms with Gasteiger partial charge in [0.2, 0.25) is 0 Å². The van der Waals surface area contributed by atoms with E-state index in [2.05, 4.69) is 4.74 Å². The van der Waals surface area contributed by atoms with Gasteiger partial charge in [0.25, 0.3) is 0 Å². The van der Waals surface area contributed by atoms with Crippen molar-refractivity contribution in [3.8, 4) is 0 Å². The summed E-state index contributed by atoms with van der Waals surface area (Å²) < 4.78 is 9.65. The van der Waals surface area contributed by atoms with E-state index >= 15 is 0 Å². The lowest BCUT2D eigenvalue weighted by atomic mass is 10.00. The van der Waals surface area contributed by atoms with Gasteiger partial charge in [0.1, 0.15) is 23.7 Å². The fraction of sp³-hybridized carbons (Fsp3) is 0.889. The molecule has 0 amide bonds. The minimum atomic E-state index is -1.51. The van der Waals surface area contributed by atoms with Crippen molar-refractivity contribution in [2.45, 2.75) is 29.9 Å². The van der Waals surface area contributed by atoms with Gasteiger partial charge in [0.15, 0.2) is 6.10 Å². The van der Waals surface area contributed by atoms with Crippen molar-refractivity contribution in [2.24, 2.45) is 5.73 Å². The predicted octanol–water partition coefficient (Wildman–Crippen LogP) is -2.34. The van der Waals surface area contributed by atoms with Gasteiger partial charge in [0.05, 0.1) is 7.11 Å². The topological polar surface area (TPSA) is 122 Å². The maximum Gasteiger partial charge on any atom is 0.337 e. The van der Waals surface area contributed by atoms with Gasteiger partial charge < -0.3 is 30.5 Å². The molecule has 5 N–H and O–H groups in total. The summed E-state index contributed by atoms with van der Waals surface area (Å²) in [6, 6.07) is 0. The second-order valence-electron chi connectivity index (χ2n) is 3.58. The van der Waals surface area contributed by atoms with Crippen LogP contribution >= 0.6 is 11.8 Å². The van der Waals surface area contributed by atoms with Gasteiger partial charge >= 0.3 is 5.97 Å². The van der Waals surface area contributed by atoms with Crippen LogP contribution in [0.15, 0.2) is 0 Å². The van der Waals surface area contributed by atoms with E-state index in [1.807, 2.05) is 0 Å². The lowest BCUT2D eigenvalue weighted by molar-refractivity contribution is -0.211. The van der Waals surface area contributed by atoms with Gasteiger partial charge in [0, 0.05) is 12.3 Å². The molecule has 0 aromatic carbocycles. The molecule has 0 aromatic rings. The van der Waals surface area contributed by atoms with E-state index in [-0.39, 0.29) is 0 Å². The summed E-state index contributed by atoms with van der Waals surface area (Å²) in [7, 11) is 1.15. The zero-order chi connectivity index (χ0) is 13.0. The highest BCUT2D eigenvalue weighted by molar-refractivity contribution is 7.99. The van der Waals surface area contributed by atoms with Crippen LogP contribution < -0.4 is 5.73 Å². The fourth-order valence-corrected chi connectivity index (χ4v) is 2.41. The number of esters is 1. The maximum atomic E-state index is 11.3. The van der Waals surface area contributed by atoms with Gasteiger partial charge in [-0.1, -0.05) is 0 Å². The molecule has 100 valence electrons. The molecule has 1 heterocycles. The Hall–Kier alpha value is -0.380. The molecule has 0 spiro atoms. The van der Waals surface area contributed by atoms with E-state index in [4.69, 9.17) is 10.5 Å². The van der Waals surface area contributed by atoms with Gasteiger partial charge in [-0.2, -0.15) is 0 Å². The summed E-state index contributed by atoms with van der Waals surface area (Å²) in [4.78, 5) is 11.3. The molecular formula is C9H17NO6S. The van der Waals surface area contributed by atoms with E-state index in [0.29, 0.717) is 12.3 Å². The number of carbonyl (C=O) groups is 1. The highest BCUT2D eigenvalue weighted by Crippen LogP contribution is 2.28. The second-order valence-corrected chi connectivity index (χ2v) is 4.79. The number of carbonyl (C=O) groups excluding carboxylic acids is 1. The number of rotatable bonds is 4. The first-order chi connectivity index (χ1) is 8.02. The second kappa shape index (κ2) is 6.53. The van der Waals surface area contributed by atoms with E-state index in [1.165, 1.54) is 11.8 Å². The molecule has 0 bridgehead atoms. The van der Waals surface area contributed by atoms with E-state index in [0.717, 1.165) is 7.11 Å². The third-order valence-electron chi connectivity index (χ3n) is 2.40. The molecule has 5 atom stereocenters. The van der Waals surface area contributed by atoms with Crippen LogP contribution in [0.4, 0.5) is 0 Å². The van der Waals surface area contributed by atoms with Crippen molar-refractivity contribution >= 4 is 17.7 Å².